The quantitative estimate of drug-likeness (QED) is 0.706. The molecule has 3 aromatic rings. The fourth-order valence-electron chi connectivity index (χ4n) is 2.37. The molecule has 0 radical (unpaired) electrons. The molecule has 0 spiro atoms. The van der Waals surface area contributed by atoms with E-state index in [2.05, 4.69) is 20.6 Å². The van der Waals surface area contributed by atoms with Crippen molar-refractivity contribution in [3.8, 4) is 0 Å². The van der Waals surface area contributed by atoms with E-state index in [4.69, 9.17) is 0 Å². The van der Waals surface area contributed by atoms with Gasteiger partial charge in [-0.05, 0) is 18.6 Å². The third kappa shape index (κ3) is 3.48. The Labute approximate surface area is 138 Å². The number of aryl methyl sites for hydroxylation is 1. The van der Waals surface area contributed by atoms with E-state index in [1.807, 2.05) is 31.2 Å². The highest BCUT2D eigenvalue weighted by Gasteiger charge is 2.08. The van der Waals surface area contributed by atoms with Crippen LogP contribution in [0.4, 0.5) is 0 Å². The Hall–Kier alpha value is -3.03. The van der Waals surface area contributed by atoms with Crippen LogP contribution in [0.15, 0.2) is 41.5 Å². The van der Waals surface area contributed by atoms with E-state index in [0.29, 0.717) is 13.1 Å². The lowest BCUT2D eigenvalue weighted by Gasteiger charge is -2.08. The number of fused-ring (bicyclic) bond motifs is 1. The summed E-state index contributed by atoms with van der Waals surface area (Å²) in [5, 5.41) is 10.8. The van der Waals surface area contributed by atoms with Crippen LogP contribution in [-0.4, -0.2) is 37.0 Å². The van der Waals surface area contributed by atoms with Gasteiger partial charge in [0.1, 0.15) is 12.1 Å². The van der Waals surface area contributed by atoms with Gasteiger partial charge in [0.05, 0.1) is 11.8 Å². The van der Waals surface area contributed by atoms with Gasteiger partial charge in [-0.1, -0.05) is 24.3 Å². The fraction of sp³-hybridized carbons (Fsp3) is 0.312. The molecular formula is C16H18N6O2. The van der Waals surface area contributed by atoms with Gasteiger partial charge in [-0.2, -0.15) is 0 Å². The molecule has 2 aromatic heterocycles. The number of carbonyl (C=O) groups is 1. The van der Waals surface area contributed by atoms with Crippen molar-refractivity contribution < 1.29 is 4.79 Å². The maximum Gasteiger partial charge on any atom is 0.253 e. The van der Waals surface area contributed by atoms with E-state index in [0.717, 1.165) is 23.1 Å². The molecule has 0 saturated carbocycles. The summed E-state index contributed by atoms with van der Waals surface area (Å²) in [5.74, 6) is -0.183. The number of nitrogens with one attached hydrogen (secondary N) is 1. The predicted octanol–water partition coefficient (Wildman–Crippen LogP) is 0.367. The van der Waals surface area contributed by atoms with E-state index in [-0.39, 0.29) is 18.0 Å². The first-order valence-corrected chi connectivity index (χ1v) is 7.77. The summed E-state index contributed by atoms with van der Waals surface area (Å²) < 4.78 is 3.03. The number of amides is 1. The number of rotatable bonds is 6. The Balaban J connectivity index is 1.55. The zero-order valence-corrected chi connectivity index (χ0v) is 13.3. The third-order valence-electron chi connectivity index (χ3n) is 3.69. The minimum Gasteiger partial charge on any atom is -0.353 e. The second kappa shape index (κ2) is 7.03. The second-order valence-electron chi connectivity index (χ2n) is 5.35. The Morgan fingerprint density at radius 2 is 2.12 bits per heavy atom. The van der Waals surface area contributed by atoms with Crippen molar-refractivity contribution in [1.29, 1.82) is 0 Å². The Morgan fingerprint density at radius 1 is 1.29 bits per heavy atom. The summed E-state index contributed by atoms with van der Waals surface area (Å²) in [6.07, 6.45) is 2.23. The van der Waals surface area contributed by atoms with Gasteiger partial charge in [-0.15, -0.1) is 5.10 Å². The van der Waals surface area contributed by atoms with Gasteiger partial charge >= 0.3 is 0 Å². The number of aromatic nitrogens is 5. The highest BCUT2D eigenvalue weighted by molar-refractivity contribution is 5.79. The van der Waals surface area contributed by atoms with Crippen LogP contribution in [0, 0.1) is 0 Å². The van der Waals surface area contributed by atoms with E-state index < -0.39 is 0 Å². The van der Waals surface area contributed by atoms with Crippen LogP contribution >= 0.6 is 0 Å². The van der Waals surface area contributed by atoms with Crippen LogP contribution in [0.25, 0.3) is 11.0 Å². The summed E-state index contributed by atoms with van der Waals surface area (Å²) in [6, 6.07) is 8.97. The molecule has 0 aliphatic rings. The maximum absolute atomic E-state index is 12.0. The average Bonchev–Trinajstić information content (AvgIpc) is 2.99. The van der Waals surface area contributed by atoms with Gasteiger partial charge in [0, 0.05) is 24.8 Å². The lowest BCUT2D eigenvalue weighted by molar-refractivity contribution is -0.121. The molecule has 0 unspecified atom stereocenters. The number of carbonyl (C=O) groups excluding carboxylic acids is 1. The predicted molar refractivity (Wildman–Crippen MR) is 88.4 cm³/mol. The normalized spacial score (nSPS) is 10.9. The van der Waals surface area contributed by atoms with Gasteiger partial charge in [0.25, 0.3) is 5.56 Å². The molecule has 0 aliphatic heterocycles. The summed E-state index contributed by atoms with van der Waals surface area (Å²) in [5.41, 5.74) is 2.21. The highest BCUT2D eigenvalue weighted by atomic mass is 16.2. The maximum atomic E-state index is 12.0. The van der Waals surface area contributed by atoms with Crippen molar-refractivity contribution in [3.05, 3.63) is 52.7 Å². The van der Waals surface area contributed by atoms with E-state index in [1.54, 1.807) is 4.68 Å². The number of hydrogen-bond donors (Lipinski definition) is 1. The summed E-state index contributed by atoms with van der Waals surface area (Å²) in [4.78, 5) is 28.1. The number of hydrogen-bond acceptors (Lipinski definition) is 5. The zero-order valence-electron chi connectivity index (χ0n) is 13.3. The molecule has 2 heterocycles. The molecule has 1 amide bonds. The molecule has 0 saturated heterocycles. The number of para-hydroxylation sites is 1. The molecule has 24 heavy (non-hydrogen) atoms. The third-order valence-corrected chi connectivity index (χ3v) is 3.69. The average molecular weight is 326 g/mol. The van der Waals surface area contributed by atoms with Crippen LogP contribution in [0.1, 0.15) is 12.6 Å². The van der Waals surface area contributed by atoms with Crippen molar-refractivity contribution >= 4 is 16.9 Å². The van der Waals surface area contributed by atoms with Gasteiger partial charge in [-0.3, -0.25) is 14.2 Å². The molecule has 1 aromatic carbocycles. The number of nitrogens with zero attached hydrogens (tertiary/aromatic N) is 5. The van der Waals surface area contributed by atoms with Crippen molar-refractivity contribution in [3.63, 3.8) is 0 Å². The second-order valence-corrected chi connectivity index (χ2v) is 5.35. The topological polar surface area (TPSA) is 94.7 Å². The smallest absolute Gasteiger partial charge is 0.253 e. The summed E-state index contributed by atoms with van der Waals surface area (Å²) >= 11 is 0. The minimum atomic E-state index is -0.183. The number of benzene rings is 1. The van der Waals surface area contributed by atoms with E-state index in [9.17, 15) is 9.59 Å². The zero-order chi connectivity index (χ0) is 16.9. The molecule has 124 valence electrons. The van der Waals surface area contributed by atoms with E-state index in [1.165, 1.54) is 17.0 Å². The standard InChI is InChI=1S/C16H18N6O2/c1-2-12-9-16(24)21(11-18-12)8-7-17-15(23)10-22-14-6-4-3-5-13(14)19-20-22/h3-6,9,11H,2,7-8,10H2,1H3,(H,17,23). The lowest BCUT2D eigenvalue weighted by atomic mass is 10.3. The van der Waals surface area contributed by atoms with Crippen molar-refractivity contribution in [1.82, 2.24) is 29.9 Å². The van der Waals surface area contributed by atoms with E-state index >= 15 is 0 Å². The van der Waals surface area contributed by atoms with Gasteiger partial charge < -0.3 is 5.32 Å². The molecule has 8 nitrogen and oxygen atoms in total. The minimum absolute atomic E-state index is 0.0857. The first-order chi connectivity index (χ1) is 11.7. The van der Waals surface area contributed by atoms with Crippen molar-refractivity contribution in [2.24, 2.45) is 0 Å². The molecular weight excluding hydrogens is 308 g/mol. The Bertz CT molecular complexity index is 914. The lowest BCUT2D eigenvalue weighted by Crippen LogP contribution is -2.33. The van der Waals surface area contributed by atoms with Crippen LogP contribution in [-0.2, 0) is 24.3 Å². The molecule has 3 rings (SSSR count). The first-order valence-electron chi connectivity index (χ1n) is 7.77. The van der Waals surface area contributed by atoms with Gasteiger partial charge in [0.2, 0.25) is 5.91 Å². The van der Waals surface area contributed by atoms with Crippen LogP contribution in [0.5, 0.6) is 0 Å². The highest BCUT2D eigenvalue weighted by Crippen LogP contribution is 2.08. The van der Waals surface area contributed by atoms with Crippen LogP contribution < -0.4 is 10.9 Å². The Kier molecular flexibility index (Phi) is 4.64. The van der Waals surface area contributed by atoms with Gasteiger partial charge in [0.15, 0.2) is 0 Å². The Morgan fingerprint density at radius 3 is 2.92 bits per heavy atom. The molecule has 0 atom stereocenters. The fourth-order valence-corrected chi connectivity index (χ4v) is 2.37. The van der Waals surface area contributed by atoms with Crippen LogP contribution in [0.2, 0.25) is 0 Å². The summed E-state index contributed by atoms with van der Waals surface area (Å²) in [7, 11) is 0. The molecule has 0 bridgehead atoms. The summed E-state index contributed by atoms with van der Waals surface area (Å²) in [6.45, 7) is 2.75. The largest absolute Gasteiger partial charge is 0.353 e. The SMILES string of the molecule is CCc1cc(=O)n(CCNC(=O)Cn2nnc3ccccc32)cn1. The van der Waals surface area contributed by atoms with Gasteiger partial charge in [-0.25, -0.2) is 9.67 Å². The molecule has 0 aliphatic carbocycles. The van der Waals surface area contributed by atoms with Crippen molar-refractivity contribution in [2.75, 3.05) is 6.54 Å². The molecule has 0 fully saturated rings. The molecule has 1 N–H and O–H groups in total. The molecule has 8 heteroatoms. The monoisotopic (exact) mass is 326 g/mol. The first kappa shape index (κ1) is 15.9. The van der Waals surface area contributed by atoms with Crippen LogP contribution in [0.3, 0.4) is 0 Å². The van der Waals surface area contributed by atoms with Crippen molar-refractivity contribution in [2.45, 2.75) is 26.4 Å².